The normalized spacial score (nSPS) is 16.6. The summed E-state index contributed by atoms with van der Waals surface area (Å²) in [6, 6.07) is 0.843. The minimum absolute atomic E-state index is 0.0223. The van der Waals surface area contributed by atoms with Crippen LogP contribution in [-0.4, -0.2) is 55.6 Å². The third-order valence-electron chi connectivity index (χ3n) is 6.41. The van der Waals surface area contributed by atoms with Crippen LogP contribution in [0, 0.1) is 5.92 Å². The molecule has 0 aromatic carbocycles. The van der Waals surface area contributed by atoms with Crippen molar-refractivity contribution in [2.45, 2.75) is 63.2 Å². The summed E-state index contributed by atoms with van der Waals surface area (Å²) in [6.07, 6.45) is -1.11. The number of hydrogen-bond acceptors (Lipinski definition) is 7. The standard InChI is InChI=1S/C24H26F5N7O3/c1-39-20-12-30-11-16(34-20)22(38)35-21(15-2-5-23(25,26)6-3-15)17-13-36-18(33-17)8-14(10-32-36)9-31-19(37)4-7-24(27,28)29/h8,10-13,15,21H,2-7,9H2,1H3,(H,31,37)(H,35,38)/t21-/m0/s1. The Hall–Kier alpha value is -3.91. The molecule has 1 aliphatic rings. The van der Waals surface area contributed by atoms with E-state index in [1.807, 2.05) is 0 Å². The smallest absolute Gasteiger partial charge is 0.389 e. The van der Waals surface area contributed by atoms with E-state index in [1.165, 1.54) is 30.2 Å². The van der Waals surface area contributed by atoms with Crippen molar-refractivity contribution >= 4 is 17.5 Å². The maximum atomic E-state index is 13.9. The SMILES string of the molecule is COc1cncc(C(=O)N[C@H](c2cn3ncc(CNC(=O)CCC(F)(F)F)cc3n2)C2CCC(F)(F)CC2)n1. The van der Waals surface area contributed by atoms with Crippen LogP contribution in [0.2, 0.25) is 0 Å². The van der Waals surface area contributed by atoms with Gasteiger partial charge >= 0.3 is 6.18 Å². The molecular weight excluding hydrogens is 529 g/mol. The van der Waals surface area contributed by atoms with Gasteiger partial charge in [0.25, 0.3) is 5.91 Å². The van der Waals surface area contributed by atoms with Crippen LogP contribution < -0.4 is 15.4 Å². The molecule has 0 unspecified atom stereocenters. The molecule has 1 saturated carbocycles. The highest BCUT2D eigenvalue weighted by molar-refractivity contribution is 5.92. The fourth-order valence-electron chi connectivity index (χ4n) is 4.33. The molecule has 39 heavy (non-hydrogen) atoms. The highest BCUT2D eigenvalue weighted by Gasteiger charge is 2.39. The molecule has 0 bridgehead atoms. The fraction of sp³-hybridized carbons (Fsp3) is 0.500. The van der Waals surface area contributed by atoms with Gasteiger partial charge in [-0.2, -0.15) is 18.3 Å². The maximum absolute atomic E-state index is 13.9. The summed E-state index contributed by atoms with van der Waals surface area (Å²) in [5, 5.41) is 9.48. The van der Waals surface area contributed by atoms with Crippen molar-refractivity contribution in [2.24, 2.45) is 5.92 Å². The molecule has 210 valence electrons. The van der Waals surface area contributed by atoms with Crippen molar-refractivity contribution in [3.8, 4) is 5.88 Å². The number of alkyl halides is 5. The molecule has 0 spiro atoms. The molecule has 10 nitrogen and oxygen atoms in total. The summed E-state index contributed by atoms with van der Waals surface area (Å²) in [5.41, 5.74) is 1.19. The lowest BCUT2D eigenvalue weighted by Crippen LogP contribution is -2.37. The highest BCUT2D eigenvalue weighted by atomic mass is 19.4. The Morgan fingerprint density at radius 2 is 1.92 bits per heavy atom. The van der Waals surface area contributed by atoms with Crippen LogP contribution >= 0.6 is 0 Å². The number of imidazole rings is 1. The van der Waals surface area contributed by atoms with Crippen LogP contribution in [0.5, 0.6) is 5.88 Å². The molecule has 2 amide bonds. The number of halogens is 5. The number of nitrogens with one attached hydrogen (secondary N) is 2. The first-order valence-corrected chi connectivity index (χ1v) is 12.1. The summed E-state index contributed by atoms with van der Waals surface area (Å²) in [4.78, 5) is 37.3. The number of methoxy groups -OCH3 is 1. The first-order valence-electron chi connectivity index (χ1n) is 12.1. The van der Waals surface area contributed by atoms with Gasteiger partial charge in [0.05, 0.1) is 50.1 Å². The number of nitrogens with zero attached hydrogens (tertiary/aromatic N) is 5. The molecule has 2 N–H and O–H groups in total. The topological polar surface area (TPSA) is 123 Å². The van der Waals surface area contributed by atoms with Gasteiger partial charge in [0, 0.05) is 25.8 Å². The number of rotatable bonds is 9. The molecule has 3 aromatic rings. The minimum Gasteiger partial charge on any atom is -0.480 e. The number of hydrogen-bond donors (Lipinski definition) is 2. The average molecular weight is 556 g/mol. The molecule has 3 heterocycles. The monoisotopic (exact) mass is 555 g/mol. The zero-order chi connectivity index (χ0) is 28.2. The second kappa shape index (κ2) is 11.5. The predicted molar refractivity (Wildman–Crippen MR) is 126 cm³/mol. The van der Waals surface area contributed by atoms with Gasteiger partial charge in [-0.1, -0.05) is 0 Å². The van der Waals surface area contributed by atoms with Crippen LogP contribution in [0.3, 0.4) is 0 Å². The van der Waals surface area contributed by atoms with E-state index in [9.17, 15) is 31.5 Å². The molecule has 15 heteroatoms. The first-order chi connectivity index (χ1) is 18.4. The van der Waals surface area contributed by atoms with Gasteiger partial charge in [0.2, 0.25) is 17.7 Å². The van der Waals surface area contributed by atoms with Gasteiger partial charge in [-0.25, -0.2) is 23.3 Å². The lowest BCUT2D eigenvalue weighted by Gasteiger charge is -2.33. The number of carbonyl (C=O) groups is 2. The van der Waals surface area contributed by atoms with Gasteiger partial charge in [-0.05, 0) is 30.4 Å². The van der Waals surface area contributed by atoms with E-state index in [2.05, 4.69) is 30.7 Å². The minimum atomic E-state index is -4.43. The van der Waals surface area contributed by atoms with Crippen molar-refractivity contribution in [1.82, 2.24) is 35.2 Å². The second-order valence-electron chi connectivity index (χ2n) is 9.32. The first kappa shape index (κ1) is 28.1. The summed E-state index contributed by atoms with van der Waals surface area (Å²) in [7, 11) is 1.38. The summed E-state index contributed by atoms with van der Waals surface area (Å²) < 4.78 is 71.1. The Balaban J connectivity index is 1.53. The van der Waals surface area contributed by atoms with Crippen LogP contribution in [0.1, 0.15) is 66.3 Å². The van der Waals surface area contributed by atoms with Crippen molar-refractivity contribution in [3.63, 3.8) is 0 Å². The van der Waals surface area contributed by atoms with Gasteiger partial charge in [-0.15, -0.1) is 0 Å². The number of ether oxygens (including phenoxy) is 1. The Kier molecular flexibility index (Phi) is 8.25. The quantitative estimate of drug-likeness (QED) is 0.385. The zero-order valence-electron chi connectivity index (χ0n) is 20.8. The Morgan fingerprint density at radius 3 is 2.62 bits per heavy atom. The number of carbonyl (C=O) groups excluding carboxylic acids is 2. The van der Waals surface area contributed by atoms with Gasteiger partial charge in [0.15, 0.2) is 5.65 Å². The van der Waals surface area contributed by atoms with Gasteiger partial charge < -0.3 is 15.4 Å². The molecule has 4 rings (SSSR count). The lowest BCUT2D eigenvalue weighted by molar-refractivity contribution is -0.144. The van der Waals surface area contributed by atoms with E-state index in [1.54, 1.807) is 12.3 Å². The molecule has 3 aromatic heterocycles. The number of fused-ring (bicyclic) bond motifs is 1. The summed E-state index contributed by atoms with van der Waals surface area (Å²) >= 11 is 0. The summed E-state index contributed by atoms with van der Waals surface area (Å²) in [6.45, 7) is -0.0607. The average Bonchev–Trinajstić information content (AvgIpc) is 3.32. The van der Waals surface area contributed by atoms with E-state index in [0.717, 1.165) is 0 Å². The third-order valence-corrected chi connectivity index (χ3v) is 6.41. The lowest BCUT2D eigenvalue weighted by atomic mass is 9.81. The van der Waals surface area contributed by atoms with E-state index < -0.39 is 42.8 Å². The predicted octanol–water partition coefficient (Wildman–Crippen LogP) is 3.78. The van der Waals surface area contributed by atoms with Crippen LogP contribution in [0.25, 0.3) is 5.65 Å². The van der Waals surface area contributed by atoms with Crippen LogP contribution in [0.15, 0.2) is 30.9 Å². The van der Waals surface area contributed by atoms with Crippen molar-refractivity contribution in [2.75, 3.05) is 7.11 Å². The Morgan fingerprint density at radius 1 is 1.18 bits per heavy atom. The molecule has 0 saturated heterocycles. The summed E-state index contributed by atoms with van der Waals surface area (Å²) in [5.74, 6) is -4.33. The van der Waals surface area contributed by atoms with Gasteiger partial charge in [0.1, 0.15) is 5.69 Å². The number of aromatic nitrogens is 5. The fourth-order valence-corrected chi connectivity index (χ4v) is 4.33. The highest BCUT2D eigenvalue weighted by Crippen LogP contribution is 2.41. The number of amides is 2. The molecule has 0 aliphatic heterocycles. The van der Waals surface area contributed by atoms with E-state index in [-0.39, 0.29) is 49.7 Å². The van der Waals surface area contributed by atoms with Crippen molar-refractivity contribution < 1.29 is 36.3 Å². The molecule has 1 fully saturated rings. The van der Waals surface area contributed by atoms with Crippen LogP contribution in [-0.2, 0) is 11.3 Å². The van der Waals surface area contributed by atoms with E-state index >= 15 is 0 Å². The Labute approximate surface area is 219 Å². The van der Waals surface area contributed by atoms with Crippen LogP contribution in [0.4, 0.5) is 22.0 Å². The second-order valence-corrected chi connectivity index (χ2v) is 9.32. The molecule has 1 aliphatic carbocycles. The van der Waals surface area contributed by atoms with E-state index in [0.29, 0.717) is 16.9 Å². The molecule has 0 radical (unpaired) electrons. The van der Waals surface area contributed by atoms with Gasteiger partial charge in [-0.3, -0.25) is 14.6 Å². The van der Waals surface area contributed by atoms with Crippen molar-refractivity contribution in [3.05, 3.63) is 47.8 Å². The molecular formula is C24H26F5N7O3. The zero-order valence-corrected chi connectivity index (χ0v) is 20.8. The maximum Gasteiger partial charge on any atom is 0.389 e. The Bertz CT molecular complexity index is 1320. The van der Waals surface area contributed by atoms with E-state index in [4.69, 9.17) is 4.74 Å². The third kappa shape index (κ3) is 7.57. The molecule has 1 atom stereocenters. The largest absolute Gasteiger partial charge is 0.480 e. The van der Waals surface area contributed by atoms with Crippen molar-refractivity contribution in [1.29, 1.82) is 0 Å².